The van der Waals surface area contributed by atoms with Gasteiger partial charge in [0.2, 0.25) is 5.91 Å². The smallest absolute Gasteiger partial charge is 0.273 e. The molecule has 0 aliphatic rings. The maximum Gasteiger partial charge on any atom is 0.273 e. The third-order valence-corrected chi connectivity index (χ3v) is 3.69. The zero-order valence-electron chi connectivity index (χ0n) is 13.1. The van der Waals surface area contributed by atoms with Crippen molar-refractivity contribution in [2.45, 2.75) is 38.8 Å². The van der Waals surface area contributed by atoms with Gasteiger partial charge in [-0.05, 0) is 12.8 Å². The van der Waals surface area contributed by atoms with Crippen molar-refractivity contribution in [1.29, 1.82) is 0 Å². The van der Waals surface area contributed by atoms with Crippen LogP contribution >= 0.6 is 0 Å². The second-order valence-corrected chi connectivity index (χ2v) is 5.24. The summed E-state index contributed by atoms with van der Waals surface area (Å²) < 4.78 is 1.35. The topological polar surface area (TPSA) is 106 Å². The fourth-order valence-electron chi connectivity index (χ4n) is 1.83. The van der Waals surface area contributed by atoms with Crippen LogP contribution in [0.1, 0.15) is 37.2 Å². The highest BCUT2D eigenvalue weighted by molar-refractivity contribution is 5.92. The van der Waals surface area contributed by atoms with E-state index in [0.29, 0.717) is 6.54 Å². The lowest BCUT2D eigenvalue weighted by Gasteiger charge is -2.30. The highest BCUT2D eigenvalue weighted by atomic mass is 16.2. The quantitative estimate of drug-likeness (QED) is 0.713. The average Bonchev–Trinajstić information content (AvgIpc) is 2.93. The lowest BCUT2D eigenvalue weighted by atomic mass is 9.93. The van der Waals surface area contributed by atoms with E-state index in [4.69, 9.17) is 5.73 Å². The Balaban J connectivity index is 2.76. The van der Waals surface area contributed by atoms with E-state index in [9.17, 15) is 9.59 Å². The molecule has 1 aromatic rings. The van der Waals surface area contributed by atoms with E-state index in [-0.39, 0.29) is 24.1 Å². The van der Waals surface area contributed by atoms with Crippen LogP contribution < -0.4 is 11.1 Å². The fourth-order valence-corrected chi connectivity index (χ4v) is 1.83. The first-order valence-electron chi connectivity index (χ1n) is 7.00. The maximum absolute atomic E-state index is 12.2. The van der Waals surface area contributed by atoms with Crippen LogP contribution in [0.25, 0.3) is 0 Å². The van der Waals surface area contributed by atoms with Gasteiger partial charge in [0.05, 0.1) is 11.7 Å². The molecule has 1 heterocycles. The largest absolute Gasteiger partial charge is 0.347 e. The lowest BCUT2D eigenvalue weighted by molar-refractivity contribution is -0.129. The van der Waals surface area contributed by atoms with Crippen molar-refractivity contribution in [1.82, 2.24) is 25.2 Å². The summed E-state index contributed by atoms with van der Waals surface area (Å²) in [6.07, 6.45) is 2.93. The van der Waals surface area contributed by atoms with Gasteiger partial charge in [-0.25, -0.2) is 4.68 Å². The van der Waals surface area contributed by atoms with E-state index in [1.165, 1.54) is 15.8 Å². The minimum Gasteiger partial charge on any atom is -0.347 e. The van der Waals surface area contributed by atoms with Crippen LogP contribution in [0.3, 0.4) is 0 Å². The van der Waals surface area contributed by atoms with E-state index in [0.717, 1.165) is 12.8 Å². The molecular weight excluding hydrogens is 272 g/mol. The Bertz CT molecular complexity index is 484. The van der Waals surface area contributed by atoms with Gasteiger partial charge in [-0.2, -0.15) is 0 Å². The van der Waals surface area contributed by atoms with Crippen LogP contribution in [0.4, 0.5) is 0 Å². The summed E-state index contributed by atoms with van der Waals surface area (Å²) in [4.78, 5) is 25.2. The Morgan fingerprint density at radius 1 is 1.38 bits per heavy atom. The number of likely N-dealkylation sites (N-methyl/N-ethyl adjacent to an activating group) is 1. The normalized spacial score (nSPS) is 11.3. The average molecular weight is 296 g/mol. The number of carbonyl (C=O) groups is 2. The van der Waals surface area contributed by atoms with Crippen molar-refractivity contribution >= 4 is 11.8 Å². The molecule has 1 rings (SSSR count). The minimum atomic E-state index is -0.430. The molecule has 21 heavy (non-hydrogen) atoms. The maximum atomic E-state index is 12.2. The van der Waals surface area contributed by atoms with Crippen molar-refractivity contribution in [3.05, 3.63) is 11.9 Å². The van der Waals surface area contributed by atoms with Gasteiger partial charge in [0, 0.05) is 20.6 Å². The third-order valence-electron chi connectivity index (χ3n) is 3.69. The van der Waals surface area contributed by atoms with E-state index in [1.54, 1.807) is 14.1 Å². The summed E-state index contributed by atoms with van der Waals surface area (Å²) in [7, 11) is 3.32. The zero-order chi connectivity index (χ0) is 16.0. The minimum absolute atomic E-state index is 0.0524. The summed E-state index contributed by atoms with van der Waals surface area (Å²) >= 11 is 0. The van der Waals surface area contributed by atoms with Crippen LogP contribution in [0.2, 0.25) is 0 Å². The molecule has 0 unspecified atom stereocenters. The van der Waals surface area contributed by atoms with Crippen LogP contribution in [-0.4, -0.2) is 57.9 Å². The standard InChI is InChI=1S/C13H24N6O2/c1-5-13(6-2,9-14)15-12(21)10-7-19(17-16-10)8-11(20)18(3)4/h7H,5-6,8-9,14H2,1-4H3,(H,15,21). The molecule has 0 atom stereocenters. The number of hydrogen-bond acceptors (Lipinski definition) is 5. The van der Waals surface area contributed by atoms with Gasteiger partial charge in [-0.1, -0.05) is 19.1 Å². The van der Waals surface area contributed by atoms with Crippen LogP contribution in [0, 0.1) is 0 Å². The van der Waals surface area contributed by atoms with Gasteiger partial charge in [0.1, 0.15) is 6.54 Å². The van der Waals surface area contributed by atoms with E-state index >= 15 is 0 Å². The molecule has 0 spiro atoms. The van der Waals surface area contributed by atoms with Crippen molar-refractivity contribution in [2.24, 2.45) is 5.73 Å². The molecule has 0 aromatic carbocycles. The Morgan fingerprint density at radius 3 is 2.48 bits per heavy atom. The Kier molecular flexibility index (Phi) is 5.83. The van der Waals surface area contributed by atoms with Gasteiger partial charge in [-0.3, -0.25) is 9.59 Å². The van der Waals surface area contributed by atoms with E-state index in [1.807, 2.05) is 13.8 Å². The summed E-state index contributed by atoms with van der Waals surface area (Å²) in [6.45, 7) is 4.36. The Hall–Kier alpha value is -1.96. The molecule has 1 aromatic heterocycles. The highest BCUT2D eigenvalue weighted by Crippen LogP contribution is 2.13. The number of nitrogens with zero attached hydrogens (tertiary/aromatic N) is 4. The van der Waals surface area contributed by atoms with Crippen LogP contribution in [0.15, 0.2) is 6.20 Å². The predicted octanol–water partition coefficient (Wildman–Crippen LogP) is -0.386. The molecule has 0 radical (unpaired) electrons. The molecule has 118 valence electrons. The number of rotatable bonds is 7. The number of aromatic nitrogens is 3. The van der Waals surface area contributed by atoms with Gasteiger partial charge >= 0.3 is 0 Å². The van der Waals surface area contributed by atoms with Gasteiger partial charge < -0.3 is 16.0 Å². The molecule has 0 aliphatic carbocycles. The number of nitrogens with one attached hydrogen (secondary N) is 1. The molecule has 8 nitrogen and oxygen atoms in total. The molecule has 0 aliphatic heterocycles. The van der Waals surface area contributed by atoms with Crippen molar-refractivity contribution in [3.8, 4) is 0 Å². The second kappa shape index (κ2) is 7.16. The molecule has 0 saturated carbocycles. The molecule has 2 amide bonds. The summed E-state index contributed by atoms with van der Waals surface area (Å²) in [5.74, 6) is -0.446. The van der Waals surface area contributed by atoms with Crippen molar-refractivity contribution in [3.63, 3.8) is 0 Å². The van der Waals surface area contributed by atoms with Gasteiger partial charge in [-0.15, -0.1) is 5.10 Å². The first-order chi connectivity index (χ1) is 9.87. The zero-order valence-corrected chi connectivity index (χ0v) is 13.1. The van der Waals surface area contributed by atoms with Crippen LogP contribution in [-0.2, 0) is 11.3 Å². The predicted molar refractivity (Wildman–Crippen MR) is 78.5 cm³/mol. The van der Waals surface area contributed by atoms with Crippen molar-refractivity contribution in [2.75, 3.05) is 20.6 Å². The molecular formula is C13H24N6O2. The summed E-state index contributed by atoms with van der Waals surface area (Å²) in [5.41, 5.74) is 5.50. The second-order valence-electron chi connectivity index (χ2n) is 5.24. The van der Waals surface area contributed by atoms with Gasteiger partial charge in [0.25, 0.3) is 5.91 Å². The third kappa shape index (κ3) is 4.25. The molecule has 3 N–H and O–H groups in total. The fraction of sp³-hybridized carbons (Fsp3) is 0.692. The Morgan fingerprint density at radius 2 is 2.00 bits per heavy atom. The van der Waals surface area contributed by atoms with Crippen molar-refractivity contribution < 1.29 is 9.59 Å². The van der Waals surface area contributed by atoms with Crippen LogP contribution in [0.5, 0.6) is 0 Å². The van der Waals surface area contributed by atoms with E-state index in [2.05, 4.69) is 15.6 Å². The Labute approximate surface area is 124 Å². The number of nitrogens with two attached hydrogens (primary N) is 1. The molecule has 8 heteroatoms. The first kappa shape index (κ1) is 17.1. The molecule has 0 fully saturated rings. The SMILES string of the molecule is CCC(CC)(CN)NC(=O)c1cn(CC(=O)N(C)C)nn1. The number of amides is 2. The van der Waals surface area contributed by atoms with Gasteiger partial charge in [0.15, 0.2) is 5.69 Å². The number of hydrogen-bond donors (Lipinski definition) is 2. The summed E-state index contributed by atoms with van der Waals surface area (Å²) in [5, 5.41) is 10.5. The monoisotopic (exact) mass is 296 g/mol. The lowest BCUT2D eigenvalue weighted by Crippen LogP contribution is -2.53. The molecule has 0 saturated heterocycles. The summed E-state index contributed by atoms with van der Waals surface area (Å²) in [6, 6.07) is 0. The molecule has 0 bridgehead atoms. The highest BCUT2D eigenvalue weighted by Gasteiger charge is 2.27. The number of carbonyl (C=O) groups excluding carboxylic acids is 2. The first-order valence-corrected chi connectivity index (χ1v) is 7.00. The van der Waals surface area contributed by atoms with E-state index < -0.39 is 5.54 Å².